The molecule has 0 saturated carbocycles. The van der Waals surface area contributed by atoms with Gasteiger partial charge >= 0.3 is 0 Å². The van der Waals surface area contributed by atoms with E-state index in [1.807, 2.05) is 0 Å². The number of benzene rings is 1. The second-order valence-electron chi connectivity index (χ2n) is 6.59. The molecule has 0 aliphatic heterocycles. The maximum Gasteiger partial charge on any atom is 0.137 e. The average Bonchev–Trinajstić information content (AvgIpc) is 2.26. The van der Waals surface area contributed by atoms with Gasteiger partial charge in [-0.25, -0.2) is 0 Å². The topological polar surface area (TPSA) is 17.1 Å². The Labute approximate surface area is 112 Å². The zero-order valence-corrected chi connectivity index (χ0v) is 12.4. The fourth-order valence-electron chi connectivity index (χ4n) is 1.89. The van der Waals surface area contributed by atoms with Crippen LogP contribution in [0, 0.1) is 5.92 Å². The Kier molecular flexibility index (Phi) is 5.13. The summed E-state index contributed by atoms with van der Waals surface area (Å²) in [6.45, 7) is 10.9. The fraction of sp³-hybridized carbons (Fsp3) is 0.588. The van der Waals surface area contributed by atoms with Gasteiger partial charge in [0.15, 0.2) is 0 Å². The molecule has 1 nitrogen and oxygen atoms in total. The second kappa shape index (κ2) is 6.17. The van der Waals surface area contributed by atoms with Crippen molar-refractivity contribution in [3.63, 3.8) is 0 Å². The van der Waals surface area contributed by atoms with Crippen molar-refractivity contribution in [1.82, 2.24) is 0 Å². The third-order valence-corrected chi connectivity index (χ3v) is 3.22. The van der Waals surface area contributed by atoms with E-state index >= 15 is 0 Å². The summed E-state index contributed by atoms with van der Waals surface area (Å²) in [7, 11) is 0. The molecule has 0 heterocycles. The summed E-state index contributed by atoms with van der Waals surface area (Å²) in [6, 6.07) is 8.47. The first kappa shape index (κ1) is 14.9. The maximum atomic E-state index is 11.8. The van der Waals surface area contributed by atoms with E-state index in [0.717, 1.165) is 12.0 Å². The molecule has 0 spiro atoms. The van der Waals surface area contributed by atoms with Gasteiger partial charge in [0.25, 0.3) is 0 Å². The number of hydrogen-bond donors (Lipinski definition) is 0. The summed E-state index contributed by atoms with van der Waals surface area (Å²) in [5.41, 5.74) is 2.64. The molecule has 0 atom stereocenters. The Morgan fingerprint density at radius 2 is 1.67 bits per heavy atom. The highest BCUT2D eigenvalue weighted by Crippen LogP contribution is 2.22. The molecule has 0 radical (unpaired) electrons. The number of hydrogen-bond acceptors (Lipinski definition) is 1. The number of carbonyl (C=O) groups excluding carboxylic acids is 1. The van der Waals surface area contributed by atoms with E-state index in [-0.39, 0.29) is 5.41 Å². The lowest BCUT2D eigenvalue weighted by Crippen LogP contribution is -2.11. The van der Waals surface area contributed by atoms with Crippen molar-refractivity contribution < 1.29 is 4.79 Å². The Balaban J connectivity index is 2.56. The molecule has 1 aromatic carbocycles. The van der Waals surface area contributed by atoms with E-state index in [0.29, 0.717) is 24.5 Å². The molecule has 0 N–H and O–H groups in total. The van der Waals surface area contributed by atoms with Gasteiger partial charge < -0.3 is 0 Å². The summed E-state index contributed by atoms with van der Waals surface area (Å²) in [5, 5.41) is 0. The summed E-state index contributed by atoms with van der Waals surface area (Å²) in [4.78, 5) is 11.8. The van der Waals surface area contributed by atoms with Crippen LogP contribution in [0.5, 0.6) is 0 Å². The van der Waals surface area contributed by atoms with Gasteiger partial charge in [-0.05, 0) is 28.9 Å². The van der Waals surface area contributed by atoms with Crippen molar-refractivity contribution in [3.05, 3.63) is 35.4 Å². The molecule has 0 unspecified atom stereocenters. The van der Waals surface area contributed by atoms with Crippen molar-refractivity contribution in [2.75, 3.05) is 0 Å². The molecule has 1 aromatic rings. The molecule has 0 aliphatic carbocycles. The van der Waals surface area contributed by atoms with Crippen LogP contribution in [0.3, 0.4) is 0 Å². The molecule has 18 heavy (non-hydrogen) atoms. The Morgan fingerprint density at radius 1 is 1.11 bits per heavy atom. The first-order valence-corrected chi connectivity index (χ1v) is 6.90. The minimum Gasteiger partial charge on any atom is -0.299 e. The summed E-state index contributed by atoms with van der Waals surface area (Å²) >= 11 is 0. The van der Waals surface area contributed by atoms with Gasteiger partial charge in [-0.2, -0.15) is 0 Å². The van der Waals surface area contributed by atoms with Crippen LogP contribution in [0.4, 0.5) is 0 Å². The molecule has 0 aliphatic rings. The van der Waals surface area contributed by atoms with Crippen LogP contribution in [-0.4, -0.2) is 5.78 Å². The zero-order chi connectivity index (χ0) is 13.8. The van der Waals surface area contributed by atoms with Gasteiger partial charge in [-0.15, -0.1) is 0 Å². The van der Waals surface area contributed by atoms with Crippen LogP contribution in [0.25, 0.3) is 0 Å². The van der Waals surface area contributed by atoms with Crippen LogP contribution in [0.1, 0.15) is 58.6 Å². The molecule has 1 rings (SSSR count). The first-order valence-electron chi connectivity index (χ1n) is 6.90. The SMILES string of the molecule is CC(C)CCC(=O)Cc1ccc(C(C)(C)C)cc1. The Hall–Kier alpha value is -1.11. The third-order valence-electron chi connectivity index (χ3n) is 3.22. The van der Waals surface area contributed by atoms with Crippen LogP contribution in [0.2, 0.25) is 0 Å². The lowest BCUT2D eigenvalue weighted by molar-refractivity contribution is -0.118. The number of rotatable bonds is 5. The number of ketones is 1. The molecular weight excluding hydrogens is 220 g/mol. The van der Waals surface area contributed by atoms with Crippen molar-refractivity contribution in [3.8, 4) is 0 Å². The standard InChI is InChI=1S/C17H26O/c1-13(2)6-11-16(18)12-14-7-9-15(10-8-14)17(3,4)5/h7-10,13H,6,11-12H2,1-5H3. The van der Waals surface area contributed by atoms with E-state index in [9.17, 15) is 4.79 Å². The van der Waals surface area contributed by atoms with Gasteiger partial charge in [0, 0.05) is 12.8 Å². The highest BCUT2D eigenvalue weighted by molar-refractivity contribution is 5.80. The lowest BCUT2D eigenvalue weighted by atomic mass is 9.86. The minimum atomic E-state index is 0.181. The van der Waals surface area contributed by atoms with Gasteiger partial charge in [0.05, 0.1) is 0 Å². The van der Waals surface area contributed by atoms with Crippen LogP contribution < -0.4 is 0 Å². The predicted octanol–water partition coefficient (Wildman–Crippen LogP) is 4.53. The summed E-state index contributed by atoms with van der Waals surface area (Å²) < 4.78 is 0. The van der Waals surface area contributed by atoms with E-state index < -0.39 is 0 Å². The normalized spacial score (nSPS) is 11.9. The largest absolute Gasteiger partial charge is 0.299 e. The lowest BCUT2D eigenvalue weighted by Gasteiger charge is -2.19. The van der Waals surface area contributed by atoms with E-state index in [4.69, 9.17) is 0 Å². The first-order chi connectivity index (χ1) is 8.29. The van der Waals surface area contributed by atoms with Crippen LogP contribution >= 0.6 is 0 Å². The second-order valence-corrected chi connectivity index (χ2v) is 6.59. The van der Waals surface area contributed by atoms with Gasteiger partial charge in [-0.1, -0.05) is 58.9 Å². The Morgan fingerprint density at radius 3 is 2.11 bits per heavy atom. The highest BCUT2D eigenvalue weighted by Gasteiger charge is 2.13. The van der Waals surface area contributed by atoms with Crippen LogP contribution in [-0.2, 0) is 16.6 Å². The fourth-order valence-corrected chi connectivity index (χ4v) is 1.89. The summed E-state index contributed by atoms with van der Waals surface area (Å²) in [5.74, 6) is 0.962. The van der Waals surface area contributed by atoms with E-state index in [1.54, 1.807) is 0 Å². The van der Waals surface area contributed by atoms with Crippen molar-refractivity contribution in [1.29, 1.82) is 0 Å². The molecule has 0 bridgehead atoms. The third kappa shape index (κ3) is 5.03. The molecule has 0 fully saturated rings. The Bertz CT molecular complexity index is 379. The monoisotopic (exact) mass is 246 g/mol. The van der Waals surface area contributed by atoms with Gasteiger partial charge in [-0.3, -0.25) is 4.79 Å². The van der Waals surface area contributed by atoms with Crippen molar-refractivity contribution >= 4 is 5.78 Å². The number of Topliss-reactive ketones (excluding diaryl/α,β-unsaturated/α-hetero) is 1. The smallest absolute Gasteiger partial charge is 0.137 e. The number of carbonyl (C=O) groups is 1. The molecule has 0 amide bonds. The maximum absolute atomic E-state index is 11.8. The molecule has 0 saturated heterocycles. The van der Waals surface area contributed by atoms with E-state index in [2.05, 4.69) is 58.9 Å². The predicted molar refractivity (Wildman–Crippen MR) is 77.9 cm³/mol. The summed E-state index contributed by atoms with van der Waals surface area (Å²) in [6.07, 6.45) is 2.29. The molecule has 0 aromatic heterocycles. The highest BCUT2D eigenvalue weighted by atomic mass is 16.1. The average molecular weight is 246 g/mol. The van der Waals surface area contributed by atoms with Crippen LogP contribution in [0.15, 0.2) is 24.3 Å². The quantitative estimate of drug-likeness (QED) is 0.746. The molecule has 1 heteroatoms. The minimum absolute atomic E-state index is 0.181. The van der Waals surface area contributed by atoms with Crippen molar-refractivity contribution in [2.45, 2.75) is 59.3 Å². The van der Waals surface area contributed by atoms with E-state index in [1.165, 1.54) is 5.56 Å². The molecular formula is C17H26O. The zero-order valence-electron chi connectivity index (χ0n) is 12.4. The van der Waals surface area contributed by atoms with Crippen molar-refractivity contribution in [2.24, 2.45) is 5.92 Å². The van der Waals surface area contributed by atoms with Gasteiger partial charge in [0.2, 0.25) is 0 Å². The molecule has 100 valence electrons. The van der Waals surface area contributed by atoms with Gasteiger partial charge in [0.1, 0.15) is 5.78 Å².